The molecule has 0 bridgehead atoms. The number of hydrogen-bond donors (Lipinski definition) is 1. The van der Waals surface area contributed by atoms with E-state index in [1.54, 1.807) is 7.11 Å². The van der Waals surface area contributed by atoms with Crippen molar-refractivity contribution in [1.82, 2.24) is 0 Å². The average molecular weight is 525 g/mol. The van der Waals surface area contributed by atoms with Gasteiger partial charge in [0.05, 0.1) is 13.7 Å². The lowest BCUT2D eigenvalue weighted by atomic mass is 10.1. The van der Waals surface area contributed by atoms with Crippen molar-refractivity contribution >= 4 is 33.7 Å². The summed E-state index contributed by atoms with van der Waals surface area (Å²) in [6, 6.07) is 40.0. The predicted molar refractivity (Wildman–Crippen MR) is 162 cm³/mol. The van der Waals surface area contributed by atoms with Crippen LogP contribution in [0.3, 0.4) is 0 Å². The first-order chi connectivity index (χ1) is 19.6. The van der Waals surface area contributed by atoms with E-state index in [0.717, 1.165) is 67.0 Å². The Morgan fingerprint density at radius 1 is 0.475 bits per heavy atom. The van der Waals surface area contributed by atoms with Gasteiger partial charge in [-0.05, 0) is 105 Å². The SMILES string of the molecule is COc1ccc2cc(Oc3ccc(/C=C/c4ccc(Oc5ccc6cc(CO)ccc6c5)cc4)cc3)ccc2c1. The smallest absolute Gasteiger partial charge is 0.128 e. The molecule has 0 fully saturated rings. The van der Waals surface area contributed by atoms with Gasteiger partial charge in [-0.25, -0.2) is 0 Å². The first-order valence-electron chi connectivity index (χ1n) is 13.1. The van der Waals surface area contributed by atoms with Gasteiger partial charge in [0.2, 0.25) is 0 Å². The molecular weight excluding hydrogens is 496 g/mol. The van der Waals surface area contributed by atoms with Crippen LogP contribution in [0.4, 0.5) is 0 Å². The molecule has 0 aliphatic carbocycles. The molecule has 0 radical (unpaired) electrons. The third-order valence-corrected chi connectivity index (χ3v) is 6.78. The van der Waals surface area contributed by atoms with Gasteiger partial charge in [0.1, 0.15) is 28.7 Å². The van der Waals surface area contributed by atoms with Crippen LogP contribution < -0.4 is 14.2 Å². The van der Waals surface area contributed by atoms with E-state index in [2.05, 4.69) is 12.2 Å². The minimum absolute atomic E-state index is 0.0393. The Bertz CT molecular complexity index is 1670. The molecule has 0 aliphatic rings. The highest BCUT2D eigenvalue weighted by molar-refractivity contribution is 5.86. The second-order valence-corrected chi connectivity index (χ2v) is 9.55. The molecule has 0 aromatic heterocycles. The van der Waals surface area contributed by atoms with Crippen molar-refractivity contribution in [2.75, 3.05) is 7.11 Å². The molecule has 0 spiro atoms. The number of aliphatic hydroxyl groups is 1. The Labute approximate surface area is 233 Å². The third-order valence-electron chi connectivity index (χ3n) is 6.78. The van der Waals surface area contributed by atoms with Crippen molar-refractivity contribution < 1.29 is 19.3 Å². The van der Waals surface area contributed by atoms with Gasteiger partial charge in [0, 0.05) is 0 Å². The Morgan fingerprint density at radius 3 is 1.35 bits per heavy atom. The van der Waals surface area contributed by atoms with Gasteiger partial charge < -0.3 is 19.3 Å². The monoisotopic (exact) mass is 524 g/mol. The quantitative estimate of drug-likeness (QED) is 0.202. The summed E-state index contributed by atoms with van der Waals surface area (Å²) in [4.78, 5) is 0. The normalized spacial score (nSPS) is 11.2. The van der Waals surface area contributed by atoms with Gasteiger partial charge in [-0.2, -0.15) is 0 Å². The molecule has 0 unspecified atom stereocenters. The van der Waals surface area contributed by atoms with Crippen LogP contribution in [0.5, 0.6) is 28.7 Å². The van der Waals surface area contributed by atoms with Crippen molar-refractivity contribution in [3.63, 3.8) is 0 Å². The van der Waals surface area contributed by atoms with Crippen LogP contribution in [0.25, 0.3) is 33.7 Å². The first kappa shape index (κ1) is 25.2. The topological polar surface area (TPSA) is 47.9 Å². The summed E-state index contributed by atoms with van der Waals surface area (Å²) < 4.78 is 17.4. The van der Waals surface area contributed by atoms with Crippen LogP contribution in [0.2, 0.25) is 0 Å². The van der Waals surface area contributed by atoms with Crippen LogP contribution in [0, 0.1) is 0 Å². The highest BCUT2D eigenvalue weighted by Gasteiger charge is 2.03. The van der Waals surface area contributed by atoms with E-state index >= 15 is 0 Å². The van der Waals surface area contributed by atoms with Crippen molar-refractivity contribution in [3.05, 3.63) is 138 Å². The molecule has 0 aliphatic heterocycles. The maximum absolute atomic E-state index is 9.33. The Morgan fingerprint density at radius 2 is 0.875 bits per heavy atom. The van der Waals surface area contributed by atoms with E-state index in [1.807, 2.05) is 121 Å². The molecule has 196 valence electrons. The van der Waals surface area contributed by atoms with Crippen LogP contribution in [0.1, 0.15) is 16.7 Å². The fourth-order valence-electron chi connectivity index (χ4n) is 4.59. The maximum Gasteiger partial charge on any atom is 0.128 e. The molecule has 40 heavy (non-hydrogen) atoms. The van der Waals surface area contributed by atoms with Crippen LogP contribution in [-0.2, 0) is 6.61 Å². The van der Waals surface area contributed by atoms with Crippen molar-refractivity contribution in [3.8, 4) is 28.7 Å². The minimum Gasteiger partial charge on any atom is -0.497 e. The molecule has 4 nitrogen and oxygen atoms in total. The van der Waals surface area contributed by atoms with Crippen LogP contribution in [-0.4, -0.2) is 12.2 Å². The molecule has 6 aromatic carbocycles. The minimum atomic E-state index is 0.0393. The van der Waals surface area contributed by atoms with Gasteiger partial charge in [-0.15, -0.1) is 0 Å². The molecule has 0 amide bonds. The standard InChI is InChI=1S/C36H28O4/c1-38-34-17-10-31-23-36(19-12-30(31)21-34)40-33-15-7-26(8-16-33)3-2-25-5-13-32(14-6-25)39-35-18-11-28-20-27(24-37)4-9-29(28)22-35/h2-23,37H,24H2,1H3/b3-2+. The fourth-order valence-corrected chi connectivity index (χ4v) is 4.59. The van der Waals surface area contributed by atoms with Crippen molar-refractivity contribution in [1.29, 1.82) is 0 Å². The number of ether oxygens (including phenoxy) is 3. The number of fused-ring (bicyclic) bond motifs is 2. The Balaban J connectivity index is 1.07. The van der Waals surface area contributed by atoms with Crippen LogP contribution in [0.15, 0.2) is 121 Å². The zero-order chi connectivity index (χ0) is 27.3. The van der Waals surface area contributed by atoms with E-state index in [-0.39, 0.29) is 6.61 Å². The molecule has 0 heterocycles. The fraction of sp³-hybridized carbons (Fsp3) is 0.0556. The third kappa shape index (κ3) is 5.83. The average Bonchev–Trinajstić information content (AvgIpc) is 3.01. The van der Waals surface area contributed by atoms with E-state index in [4.69, 9.17) is 14.2 Å². The zero-order valence-corrected chi connectivity index (χ0v) is 22.1. The van der Waals surface area contributed by atoms with E-state index in [1.165, 1.54) is 0 Å². The van der Waals surface area contributed by atoms with Crippen molar-refractivity contribution in [2.45, 2.75) is 6.61 Å². The van der Waals surface area contributed by atoms with Gasteiger partial charge in [0.25, 0.3) is 0 Å². The highest BCUT2D eigenvalue weighted by Crippen LogP contribution is 2.29. The summed E-state index contributed by atoms with van der Waals surface area (Å²) in [6.07, 6.45) is 4.15. The summed E-state index contributed by atoms with van der Waals surface area (Å²) in [5.74, 6) is 3.97. The lowest BCUT2D eigenvalue weighted by molar-refractivity contribution is 0.282. The molecule has 6 rings (SSSR count). The molecule has 1 N–H and O–H groups in total. The van der Waals surface area contributed by atoms with Gasteiger partial charge in [0.15, 0.2) is 0 Å². The lowest BCUT2D eigenvalue weighted by Crippen LogP contribution is -1.86. The summed E-state index contributed by atoms with van der Waals surface area (Å²) in [5.41, 5.74) is 3.06. The Kier molecular flexibility index (Phi) is 7.16. The lowest BCUT2D eigenvalue weighted by Gasteiger charge is -2.08. The van der Waals surface area contributed by atoms with E-state index < -0.39 is 0 Å². The number of aliphatic hydroxyl groups excluding tert-OH is 1. The second-order valence-electron chi connectivity index (χ2n) is 9.55. The molecule has 0 saturated carbocycles. The van der Waals surface area contributed by atoms with E-state index in [9.17, 15) is 5.11 Å². The molecule has 0 saturated heterocycles. The summed E-state index contributed by atoms with van der Waals surface area (Å²) in [5, 5.41) is 13.7. The van der Waals surface area contributed by atoms with Crippen LogP contribution >= 0.6 is 0 Å². The molecule has 0 atom stereocenters. The maximum atomic E-state index is 9.33. The first-order valence-corrected chi connectivity index (χ1v) is 13.1. The number of hydrogen-bond acceptors (Lipinski definition) is 4. The highest BCUT2D eigenvalue weighted by atomic mass is 16.5. The summed E-state index contributed by atoms with van der Waals surface area (Å²) in [7, 11) is 1.67. The summed E-state index contributed by atoms with van der Waals surface area (Å²) >= 11 is 0. The predicted octanol–water partition coefficient (Wildman–Crippen LogP) is 9.25. The summed E-state index contributed by atoms with van der Waals surface area (Å²) in [6.45, 7) is 0.0393. The van der Waals surface area contributed by atoms with E-state index in [0.29, 0.717) is 0 Å². The largest absolute Gasteiger partial charge is 0.497 e. The second kappa shape index (κ2) is 11.4. The Hall–Kier alpha value is -5.06. The zero-order valence-electron chi connectivity index (χ0n) is 22.1. The van der Waals surface area contributed by atoms with Gasteiger partial charge in [-0.3, -0.25) is 0 Å². The number of methoxy groups -OCH3 is 1. The number of rotatable bonds is 8. The molecular formula is C36H28O4. The number of benzene rings is 6. The van der Waals surface area contributed by atoms with Crippen molar-refractivity contribution in [2.24, 2.45) is 0 Å². The molecule has 6 aromatic rings. The van der Waals surface area contributed by atoms with Gasteiger partial charge in [-0.1, -0.05) is 66.7 Å². The van der Waals surface area contributed by atoms with Gasteiger partial charge >= 0.3 is 0 Å². The molecule has 4 heteroatoms.